The van der Waals surface area contributed by atoms with Crippen LogP contribution in [0.3, 0.4) is 0 Å². The molecule has 3 N–H and O–H groups in total. The Balaban J connectivity index is 1.81. The van der Waals surface area contributed by atoms with Crippen molar-refractivity contribution in [3.05, 3.63) is 11.3 Å². The second kappa shape index (κ2) is 10.6. The SMILES string of the molecule is BNPOC(=O)C1=C(CN2CC(C(N)=O)C2)[C@H](C)[C@@H]2C([C@@H](C)O[Si](CC)(CC)CC)C(=O)N12. The molecule has 0 bridgehead atoms. The number of nitrogens with zero attached hydrogens (tertiary/aromatic N) is 2. The van der Waals surface area contributed by atoms with Gasteiger partial charge in [-0.1, -0.05) is 27.7 Å². The first-order valence-electron chi connectivity index (χ1n) is 12.0. The minimum absolute atomic E-state index is 0.00722. The number of carbonyl (C=O) groups excluding carboxylic acids is 3. The van der Waals surface area contributed by atoms with E-state index in [1.54, 1.807) is 12.9 Å². The van der Waals surface area contributed by atoms with Crippen molar-refractivity contribution in [3.63, 3.8) is 0 Å². The zero-order valence-electron chi connectivity index (χ0n) is 20.6. The Labute approximate surface area is 200 Å². The molecule has 0 saturated carbocycles. The first-order valence-corrected chi connectivity index (χ1v) is 15.5. The average Bonchev–Trinajstić information content (AvgIpc) is 3.00. The quantitative estimate of drug-likeness (QED) is 0.233. The molecule has 33 heavy (non-hydrogen) atoms. The maximum Gasteiger partial charge on any atom is 0.358 e. The Hall–Kier alpha value is -1.26. The molecule has 0 aromatic carbocycles. The summed E-state index contributed by atoms with van der Waals surface area (Å²) >= 11 is 0. The number of likely N-dealkylation sites (tertiary alicyclic amines) is 1. The second-order valence-corrected chi connectivity index (χ2v) is 15.1. The summed E-state index contributed by atoms with van der Waals surface area (Å²) in [5, 5.41) is 0. The number of hydrogen-bond donors (Lipinski definition) is 2. The molecule has 2 unspecified atom stereocenters. The van der Waals surface area contributed by atoms with Crippen molar-refractivity contribution in [3.8, 4) is 0 Å². The second-order valence-electron chi connectivity index (χ2n) is 9.49. The lowest BCUT2D eigenvalue weighted by Gasteiger charge is -2.49. The van der Waals surface area contributed by atoms with Crippen molar-refractivity contribution < 1.29 is 23.3 Å². The van der Waals surface area contributed by atoms with Crippen LogP contribution in [-0.2, 0) is 23.3 Å². The third kappa shape index (κ3) is 4.80. The minimum atomic E-state index is -1.87. The average molecular weight is 496 g/mol. The van der Waals surface area contributed by atoms with Crippen LogP contribution in [-0.4, -0.2) is 75.7 Å². The van der Waals surface area contributed by atoms with E-state index in [0.29, 0.717) is 25.3 Å². The van der Waals surface area contributed by atoms with Gasteiger partial charge >= 0.3 is 5.97 Å². The van der Waals surface area contributed by atoms with Crippen LogP contribution in [0, 0.1) is 17.8 Å². The maximum atomic E-state index is 13.4. The van der Waals surface area contributed by atoms with Gasteiger partial charge in [0.25, 0.3) is 0 Å². The van der Waals surface area contributed by atoms with Crippen molar-refractivity contribution in [2.24, 2.45) is 23.5 Å². The van der Waals surface area contributed by atoms with Gasteiger partial charge < -0.3 is 24.6 Å². The summed E-state index contributed by atoms with van der Waals surface area (Å²) in [7, 11) is -0.342. The third-order valence-corrected chi connectivity index (χ3v) is 13.1. The van der Waals surface area contributed by atoms with Gasteiger partial charge in [0.05, 0.1) is 24.0 Å². The third-order valence-electron chi connectivity index (χ3n) is 7.86. The van der Waals surface area contributed by atoms with Crippen LogP contribution >= 0.6 is 8.96 Å². The lowest BCUT2D eigenvalue weighted by molar-refractivity contribution is -0.161. The molecule has 3 aliphatic heterocycles. The van der Waals surface area contributed by atoms with Gasteiger partial charge in [-0.15, -0.1) is 0 Å². The van der Waals surface area contributed by atoms with Crippen LogP contribution in [0.2, 0.25) is 18.1 Å². The van der Waals surface area contributed by atoms with E-state index in [0.717, 1.165) is 23.7 Å². The van der Waals surface area contributed by atoms with Gasteiger partial charge in [0.2, 0.25) is 11.8 Å². The zero-order valence-corrected chi connectivity index (χ0v) is 22.6. The van der Waals surface area contributed by atoms with Gasteiger partial charge in [0, 0.05) is 25.6 Å². The predicted molar refractivity (Wildman–Crippen MR) is 133 cm³/mol. The van der Waals surface area contributed by atoms with E-state index in [4.69, 9.17) is 14.7 Å². The van der Waals surface area contributed by atoms with Gasteiger partial charge in [-0.2, -0.15) is 0 Å². The molecule has 2 saturated heterocycles. The molecule has 12 heteroatoms. The van der Waals surface area contributed by atoms with Crippen molar-refractivity contribution in [1.29, 1.82) is 0 Å². The number of amides is 2. The van der Waals surface area contributed by atoms with E-state index < -0.39 is 14.3 Å². The van der Waals surface area contributed by atoms with Crippen LogP contribution in [0.4, 0.5) is 0 Å². The summed E-state index contributed by atoms with van der Waals surface area (Å²) in [5.74, 6) is -1.24. The van der Waals surface area contributed by atoms with Gasteiger partial charge in [-0.05, 0) is 30.6 Å². The standard InChI is InChI=1S/C21H38BN4O5PSi/c1-6-33(7-2,8-3)31-13(5)16-17-12(4)15(11-25-9-14(10-25)19(23)27)18(26(17)20(16)28)21(29)30-32-24-22/h12-14,16-17,24,32H,6-11,22H2,1-5H3,(H2,23,27)/t12-,13+,16?,17+/m0/s1. The number of nitrogens with two attached hydrogens (primary N) is 1. The molecule has 0 aromatic heterocycles. The molecule has 3 heterocycles. The fourth-order valence-corrected chi connectivity index (χ4v) is 8.79. The Morgan fingerprint density at radius 3 is 2.39 bits per heavy atom. The Kier molecular flexibility index (Phi) is 8.43. The summed E-state index contributed by atoms with van der Waals surface area (Å²) in [5.41, 5.74) is 6.69. The van der Waals surface area contributed by atoms with E-state index in [1.807, 2.05) is 6.92 Å². The molecule has 0 aromatic rings. The highest BCUT2D eigenvalue weighted by Crippen LogP contribution is 2.49. The molecule has 3 aliphatic rings. The first-order chi connectivity index (χ1) is 15.6. The normalized spacial score (nSPS) is 27.0. The molecule has 184 valence electrons. The molecule has 0 radical (unpaired) electrons. The maximum absolute atomic E-state index is 13.4. The highest BCUT2D eigenvalue weighted by Gasteiger charge is 2.61. The fourth-order valence-electron chi connectivity index (χ4n) is 5.56. The van der Waals surface area contributed by atoms with Crippen molar-refractivity contribution >= 4 is 43.0 Å². The van der Waals surface area contributed by atoms with E-state index in [-0.39, 0.29) is 50.7 Å². The van der Waals surface area contributed by atoms with Gasteiger partial charge in [0.15, 0.2) is 16.3 Å². The topological polar surface area (TPSA) is 114 Å². The van der Waals surface area contributed by atoms with Crippen molar-refractivity contribution in [2.45, 2.75) is 64.9 Å². The number of β-lactam (4-membered cyclic amide) rings is 1. The van der Waals surface area contributed by atoms with Gasteiger partial charge in [-0.3, -0.25) is 14.5 Å². The lowest BCUT2D eigenvalue weighted by atomic mass is 9.77. The number of rotatable bonds is 12. The molecule has 0 aliphatic carbocycles. The van der Waals surface area contributed by atoms with E-state index in [2.05, 4.69) is 37.6 Å². The molecule has 0 spiro atoms. The lowest BCUT2D eigenvalue weighted by Crippen LogP contribution is -2.65. The largest absolute Gasteiger partial charge is 0.428 e. The molecular weight excluding hydrogens is 458 g/mol. The number of nitrogens with one attached hydrogen (secondary N) is 1. The summed E-state index contributed by atoms with van der Waals surface area (Å²) in [6, 6.07) is 2.97. The van der Waals surface area contributed by atoms with Gasteiger partial charge in [-0.25, -0.2) is 4.79 Å². The van der Waals surface area contributed by atoms with Crippen LogP contribution < -0.4 is 10.7 Å². The molecule has 9 nitrogen and oxygen atoms in total. The van der Waals surface area contributed by atoms with Crippen LogP contribution in [0.15, 0.2) is 11.3 Å². The highest BCUT2D eigenvalue weighted by molar-refractivity contribution is 7.32. The highest BCUT2D eigenvalue weighted by atomic mass is 31.1. The minimum Gasteiger partial charge on any atom is -0.428 e. The Morgan fingerprint density at radius 2 is 1.88 bits per heavy atom. The summed E-state index contributed by atoms with van der Waals surface area (Å²) in [6.45, 7) is 12.3. The first kappa shape index (κ1) is 26.3. The zero-order chi connectivity index (χ0) is 24.5. The van der Waals surface area contributed by atoms with Crippen LogP contribution in [0.5, 0.6) is 0 Å². The van der Waals surface area contributed by atoms with E-state index in [1.165, 1.54) is 0 Å². The Morgan fingerprint density at radius 1 is 1.27 bits per heavy atom. The molecule has 3 rings (SSSR count). The molecule has 2 fully saturated rings. The fraction of sp³-hybridized carbons (Fsp3) is 0.762. The summed E-state index contributed by atoms with van der Waals surface area (Å²) in [4.78, 5) is 44.3. The van der Waals surface area contributed by atoms with Crippen molar-refractivity contribution in [2.75, 3.05) is 19.6 Å². The summed E-state index contributed by atoms with van der Waals surface area (Å²) < 4.78 is 12.0. The van der Waals surface area contributed by atoms with Crippen LogP contribution in [0.1, 0.15) is 34.6 Å². The Bertz CT molecular complexity index is 812. The smallest absolute Gasteiger partial charge is 0.358 e. The number of carbonyl (C=O) groups is 3. The molecule has 5 atom stereocenters. The number of primary amides is 1. The molecular formula is C21H38BN4O5PSi. The van der Waals surface area contributed by atoms with E-state index >= 15 is 0 Å². The van der Waals surface area contributed by atoms with Crippen LogP contribution in [0.25, 0.3) is 0 Å². The predicted octanol–water partition coefficient (Wildman–Crippen LogP) is 0.734. The number of hydrogen-bond acceptors (Lipinski definition) is 7. The van der Waals surface area contributed by atoms with Crippen molar-refractivity contribution in [1.82, 2.24) is 14.8 Å². The monoisotopic (exact) mass is 496 g/mol. The van der Waals surface area contributed by atoms with Gasteiger partial charge in [0.1, 0.15) is 14.7 Å². The number of fused-ring (bicyclic) bond motifs is 1. The summed E-state index contributed by atoms with van der Waals surface area (Å²) in [6.07, 6.45) is -0.188. The molecule has 2 amide bonds. The van der Waals surface area contributed by atoms with E-state index in [9.17, 15) is 14.4 Å².